The second kappa shape index (κ2) is 7.05. The number of thiophene rings is 1. The van der Waals surface area contributed by atoms with Crippen molar-refractivity contribution in [3.05, 3.63) is 58.3 Å². The lowest BCUT2D eigenvalue weighted by atomic mass is 9.92. The summed E-state index contributed by atoms with van der Waals surface area (Å²) in [5, 5.41) is 8.08. The molecule has 0 bridgehead atoms. The number of rotatable bonds is 6. The largest absolute Gasteiger partial charge is 0.311 e. The molecule has 0 spiro atoms. The highest BCUT2D eigenvalue weighted by Crippen LogP contribution is 2.22. The van der Waals surface area contributed by atoms with E-state index in [0.29, 0.717) is 5.92 Å². The van der Waals surface area contributed by atoms with Crippen molar-refractivity contribution in [1.82, 2.24) is 5.32 Å². The summed E-state index contributed by atoms with van der Waals surface area (Å²) in [7, 11) is 0. The minimum absolute atomic E-state index is 0.176. The monoisotopic (exact) mass is 287 g/mol. The van der Waals surface area contributed by atoms with Crippen LogP contribution in [0.4, 0.5) is 0 Å². The Morgan fingerprint density at radius 2 is 1.85 bits per heavy atom. The van der Waals surface area contributed by atoms with Crippen molar-refractivity contribution in [2.24, 2.45) is 0 Å². The van der Waals surface area contributed by atoms with E-state index >= 15 is 0 Å². The molecule has 20 heavy (non-hydrogen) atoms. The number of hydrogen-bond acceptors (Lipinski definition) is 2. The molecule has 0 saturated carbocycles. The van der Waals surface area contributed by atoms with Gasteiger partial charge in [0.25, 0.3) is 0 Å². The van der Waals surface area contributed by atoms with Crippen LogP contribution in [0.1, 0.15) is 44.2 Å². The highest BCUT2D eigenvalue weighted by atomic mass is 32.1. The van der Waals surface area contributed by atoms with Crippen LogP contribution in [-0.4, -0.2) is 12.1 Å². The van der Waals surface area contributed by atoms with E-state index in [-0.39, 0.29) is 5.54 Å². The summed E-state index contributed by atoms with van der Waals surface area (Å²) in [5.74, 6) is 0.579. The predicted molar refractivity (Wildman–Crippen MR) is 89.6 cm³/mol. The van der Waals surface area contributed by atoms with Crippen molar-refractivity contribution < 1.29 is 0 Å². The molecular formula is C18H25NS. The molecule has 0 fully saturated rings. The molecule has 1 aromatic carbocycles. The highest BCUT2D eigenvalue weighted by Gasteiger charge is 2.16. The van der Waals surface area contributed by atoms with Gasteiger partial charge in [0, 0.05) is 12.1 Å². The molecule has 1 heterocycles. The summed E-state index contributed by atoms with van der Waals surface area (Å²) >= 11 is 1.79. The fourth-order valence-electron chi connectivity index (χ4n) is 2.32. The zero-order valence-corrected chi connectivity index (χ0v) is 13.5. The third-order valence-electron chi connectivity index (χ3n) is 3.51. The lowest BCUT2D eigenvalue weighted by Gasteiger charge is -2.25. The normalized spacial score (nSPS) is 13.3. The van der Waals surface area contributed by atoms with Gasteiger partial charge in [-0.05, 0) is 67.5 Å². The van der Waals surface area contributed by atoms with E-state index in [1.165, 1.54) is 17.5 Å². The Labute approximate surface area is 127 Å². The summed E-state index contributed by atoms with van der Waals surface area (Å²) in [6.45, 7) is 7.73. The standard InChI is InChI=1S/C18H25NS/c1-18(2,3)19-13-17(16-7-5-4-6-8-16)10-9-15-11-12-20-14-15/h4-8,11-12,14,17,19H,9-10,13H2,1-3H3. The van der Waals surface area contributed by atoms with E-state index in [9.17, 15) is 0 Å². The van der Waals surface area contributed by atoms with Crippen LogP contribution in [0, 0.1) is 0 Å². The summed E-state index contributed by atoms with van der Waals surface area (Å²) in [4.78, 5) is 0. The van der Waals surface area contributed by atoms with Gasteiger partial charge < -0.3 is 5.32 Å². The van der Waals surface area contributed by atoms with Gasteiger partial charge in [-0.25, -0.2) is 0 Å². The first kappa shape index (κ1) is 15.3. The molecule has 1 nitrogen and oxygen atoms in total. The number of nitrogens with one attached hydrogen (secondary N) is 1. The van der Waals surface area contributed by atoms with Gasteiger partial charge in [0.2, 0.25) is 0 Å². The third-order valence-corrected chi connectivity index (χ3v) is 4.24. The maximum absolute atomic E-state index is 3.65. The fraction of sp³-hybridized carbons (Fsp3) is 0.444. The average Bonchev–Trinajstić information content (AvgIpc) is 2.92. The molecule has 0 saturated heterocycles. The van der Waals surface area contributed by atoms with Crippen molar-refractivity contribution in [3.63, 3.8) is 0 Å². The molecule has 0 radical (unpaired) electrons. The molecule has 1 unspecified atom stereocenters. The van der Waals surface area contributed by atoms with Crippen LogP contribution in [0.15, 0.2) is 47.2 Å². The van der Waals surface area contributed by atoms with Crippen LogP contribution in [0.25, 0.3) is 0 Å². The molecule has 2 rings (SSSR count). The Morgan fingerprint density at radius 3 is 2.45 bits per heavy atom. The van der Waals surface area contributed by atoms with Gasteiger partial charge in [0.05, 0.1) is 0 Å². The Bertz CT molecular complexity index is 482. The maximum atomic E-state index is 3.65. The summed E-state index contributed by atoms with van der Waals surface area (Å²) in [6.07, 6.45) is 2.36. The molecule has 2 aromatic rings. The number of benzene rings is 1. The zero-order valence-electron chi connectivity index (χ0n) is 12.7. The van der Waals surface area contributed by atoms with Crippen LogP contribution in [0.2, 0.25) is 0 Å². The van der Waals surface area contributed by atoms with Gasteiger partial charge in [-0.3, -0.25) is 0 Å². The molecule has 108 valence electrons. The minimum Gasteiger partial charge on any atom is -0.311 e. The van der Waals surface area contributed by atoms with Crippen LogP contribution in [-0.2, 0) is 6.42 Å². The van der Waals surface area contributed by atoms with Gasteiger partial charge in [-0.15, -0.1) is 0 Å². The Hall–Kier alpha value is -1.12. The van der Waals surface area contributed by atoms with Crippen LogP contribution in [0.5, 0.6) is 0 Å². The maximum Gasteiger partial charge on any atom is 0.00967 e. The molecule has 0 aliphatic rings. The molecule has 1 N–H and O–H groups in total. The molecule has 1 aromatic heterocycles. The van der Waals surface area contributed by atoms with E-state index < -0.39 is 0 Å². The van der Waals surface area contributed by atoms with Crippen molar-refractivity contribution in [2.75, 3.05) is 6.54 Å². The number of hydrogen-bond donors (Lipinski definition) is 1. The quantitative estimate of drug-likeness (QED) is 0.800. The molecule has 0 aliphatic carbocycles. The van der Waals surface area contributed by atoms with Crippen LogP contribution in [0.3, 0.4) is 0 Å². The molecule has 0 amide bonds. The first-order chi connectivity index (χ1) is 9.54. The van der Waals surface area contributed by atoms with E-state index in [1.54, 1.807) is 11.3 Å². The van der Waals surface area contributed by atoms with Crippen LogP contribution >= 0.6 is 11.3 Å². The molecular weight excluding hydrogens is 262 g/mol. The lowest BCUT2D eigenvalue weighted by Crippen LogP contribution is -2.38. The first-order valence-corrected chi connectivity index (χ1v) is 8.30. The third kappa shape index (κ3) is 5.10. The molecule has 0 aliphatic heterocycles. The van der Waals surface area contributed by atoms with Gasteiger partial charge in [0.15, 0.2) is 0 Å². The fourth-order valence-corrected chi connectivity index (χ4v) is 3.02. The van der Waals surface area contributed by atoms with Gasteiger partial charge in [-0.1, -0.05) is 30.3 Å². The smallest absolute Gasteiger partial charge is 0.00967 e. The Morgan fingerprint density at radius 1 is 1.10 bits per heavy atom. The van der Waals surface area contributed by atoms with Crippen molar-refractivity contribution in [2.45, 2.75) is 45.1 Å². The Kier molecular flexibility index (Phi) is 5.38. The van der Waals surface area contributed by atoms with Crippen molar-refractivity contribution >= 4 is 11.3 Å². The van der Waals surface area contributed by atoms with E-state index in [2.05, 4.69) is 73.2 Å². The van der Waals surface area contributed by atoms with Gasteiger partial charge in [0.1, 0.15) is 0 Å². The number of aryl methyl sites for hydroxylation is 1. The lowest BCUT2D eigenvalue weighted by molar-refractivity contribution is 0.399. The SMILES string of the molecule is CC(C)(C)NCC(CCc1ccsc1)c1ccccc1. The molecule has 1 atom stereocenters. The Balaban J connectivity index is 2.00. The summed E-state index contributed by atoms with van der Waals surface area (Å²) in [5.41, 5.74) is 3.08. The second-order valence-electron chi connectivity index (χ2n) is 6.41. The van der Waals surface area contributed by atoms with E-state index in [0.717, 1.165) is 13.0 Å². The summed E-state index contributed by atoms with van der Waals surface area (Å²) in [6, 6.07) is 13.1. The van der Waals surface area contributed by atoms with E-state index in [1.807, 2.05) is 0 Å². The van der Waals surface area contributed by atoms with Crippen molar-refractivity contribution in [1.29, 1.82) is 0 Å². The van der Waals surface area contributed by atoms with Gasteiger partial charge in [-0.2, -0.15) is 11.3 Å². The molecule has 2 heteroatoms. The zero-order chi connectivity index (χ0) is 14.4. The second-order valence-corrected chi connectivity index (χ2v) is 7.19. The van der Waals surface area contributed by atoms with Crippen molar-refractivity contribution in [3.8, 4) is 0 Å². The minimum atomic E-state index is 0.176. The first-order valence-electron chi connectivity index (χ1n) is 7.36. The van der Waals surface area contributed by atoms with Gasteiger partial charge >= 0.3 is 0 Å². The van der Waals surface area contributed by atoms with E-state index in [4.69, 9.17) is 0 Å². The predicted octanol–water partition coefficient (Wildman–Crippen LogP) is 4.85. The highest BCUT2D eigenvalue weighted by molar-refractivity contribution is 7.07. The average molecular weight is 287 g/mol. The summed E-state index contributed by atoms with van der Waals surface area (Å²) < 4.78 is 0. The topological polar surface area (TPSA) is 12.0 Å². The van der Waals surface area contributed by atoms with Crippen LogP contribution < -0.4 is 5.32 Å².